The van der Waals surface area contributed by atoms with E-state index in [0.29, 0.717) is 18.7 Å². The van der Waals surface area contributed by atoms with E-state index in [1.165, 1.54) is 0 Å². The van der Waals surface area contributed by atoms with Gasteiger partial charge in [0.05, 0.1) is 6.20 Å². The molecule has 1 aromatic heterocycles. The summed E-state index contributed by atoms with van der Waals surface area (Å²) in [6, 6.07) is 0. The molecule has 0 aliphatic carbocycles. The maximum absolute atomic E-state index is 7.97. The van der Waals surface area contributed by atoms with Crippen LogP contribution in [0.5, 0.6) is 0 Å². The minimum atomic E-state index is 0.393. The van der Waals surface area contributed by atoms with E-state index in [2.05, 4.69) is 31.8 Å². The first-order valence-corrected chi connectivity index (χ1v) is 3.69. The van der Waals surface area contributed by atoms with Crippen molar-refractivity contribution in [2.45, 2.75) is 6.42 Å². The summed E-state index contributed by atoms with van der Waals surface area (Å²) in [6.45, 7) is 0.393. The van der Waals surface area contributed by atoms with Crippen molar-refractivity contribution >= 4 is 0 Å². The second-order valence-electron chi connectivity index (χ2n) is 2.10. The molecule has 1 rings (SSSR count). The van der Waals surface area contributed by atoms with Gasteiger partial charge in [0, 0.05) is 30.3 Å². The Hall–Kier alpha value is -2.05. The molecule has 0 amide bonds. The van der Waals surface area contributed by atoms with Crippen LogP contribution in [0, 0.1) is 11.8 Å². The third-order valence-corrected chi connectivity index (χ3v) is 1.18. The van der Waals surface area contributed by atoms with Crippen molar-refractivity contribution in [3.8, 4) is 11.8 Å². The lowest BCUT2D eigenvalue weighted by Gasteiger charge is -1.84. The molecule has 0 aliphatic heterocycles. The summed E-state index contributed by atoms with van der Waals surface area (Å²) in [4.78, 5) is 10.4. The molecule has 0 saturated heterocycles. The van der Waals surface area contributed by atoms with E-state index in [1.807, 2.05) is 0 Å². The van der Waals surface area contributed by atoms with Gasteiger partial charge >= 0.3 is 0 Å². The molecule has 64 valence electrons. The van der Waals surface area contributed by atoms with Gasteiger partial charge in [-0.3, -0.25) is 4.98 Å². The molecule has 0 spiro atoms. The van der Waals surface area contributed by atoms with Crippen LogP contribution in [-0.2, 0) is 0 Å². The maximum Gasteiger partial charge on any atom is 0.131 e. The Balaban J connectivity index is 2.44. The molecule has 5 nitrogen and oxygen atoms in total. The van der Waals surface area contributed by atoms with Gasteiger partial charge in [-0.05, 0) is 11.5 Å². The Kier molecular flexibility index (Phi) is 3.88. The lowest BCUT2D eigenvalue weighted by molar-refractivity contribution is 1.01. The Morgan fingerprint density at radius 1 is 1.54 bits per heavy atom. The topological polar surface area (TPSA) is 74.5 Å². The quantitative estimate of drug-likeness (QED) is 0.223. The van der Waals surface area contributed by atoms with Gasteiger partial charge in [-0.15, -0.1) is 0 Å². The second kappa shape index (κ2) is 5.58. The normalized spacial score (nSPS) is 8.00. The fraction of sp³-hybridized carbons (Fsp3) is 0.250. The Bertz CT molecular complexity index is 355. The van der Waals surface area contributed by atoms with Gasteiger partial charge in [-0.1, -0.05) is 11.0 Å². The zero-order valence-electron chi connectivity index (χ0n) is 6.88. The smallest absolute Gasteiger partial charge is 0.131 e. The number of azide groups is 1. The van der Waals surface area contributed by atoms with Crippen molar-refractivity contribution in [3.05, 3.63) is 34.7 Å². The predicted molar refractivity (Wildman–Crippen MR) is 47.5 cm³/mol. The van der Waals surface area contributed by atoms with Crippen LogP contribution in [0.4, 0.5) is 0 Å². The van der Waals surface area contributed by atoms with Crippen molar-refractivity contribution in [2.24, 2.45) is 5.11 Å². The molecule has 13 heavy (non-hydrogen) atoms. The third kappa shape index (κ3) is 3.75. The largest absolute Gasteiger partial charge is 0.260 e. The lowest BCUT2D eigenvalue weighted by atomic mass is 10.4. The summed E-state index contributed by atoms with van der Waals surface area (Å²) in [5.41, 5.74) is 8.60. The molecule has 0 aromatic carbocycles. The lowest BCUT2D eigenvalue weighted by Crippen LogP contribution is -1.82. The highest BCUT2D eigenvalue weighted by atomic mass is 15.1. The van der Waals surface area contributed by atoms with Crippen molar-refractivity contribution < 1.29 is 0 Å². The van der Waals surface area contributed by atoms with E-state index in [0.717, 1.165) is 0 Å². The summed E-state index contributed by atoms with van der Waals surface area (Å²) in [7, 11) is 0. The molecule has 0 N–H and O–H groups in total. The Morgan fingerprint density at radius 3 is 3.15 bits per heavy atom. The molecule has 0 unspecified atom stereocenters. The monoisotopic (exact) mass is 173 g/mol. The second-order valence-corrected chi connectivity index (χ2v) is 2.10. The van der Waals surface area contributed by atoms with Crippen LogP contribution in [-0.4, -0.2) is 16.5 Å². The maximum atomic E-state index is 7.97. The molecule has 0 radical (unpaired) electrons. The molecule has 0 fully saturated rings. The molecular formula is C8H7N5. The molecular weight excluding hydrogens is 166 g/mol. The van der Waals surface area contributed by atoms with E-state index in [4.69, 9.17) is 5.53 Å². The summed E-state index contributed by atoms with van der Waals surface area (Å²) in [5, 5.41) is 3.34. The highest BCUT2D eigenvalue weighted by Gasteiger charge is 1.82. The molecule has 0 saturated carbocycles. The molecule has 1 aromatic rings. The van der Waals surface area contributed by atoms with Crippen LogP contribution < -0.4 is 0 Å². The van der Waals surface area contributed by atoms with Crippen molar-refractivity contribution in [1.82, 2.24) is 9.97 Å². The minimum Gasteiger partial charge on any atom is -0.260 e. The minimum absolute atomic E-state index is 0.393. The summed E-state index contributed by atoms with van der Waals surface area (Å²) >= 11 is 0. The van der Waals surface area contributed by atoms with Crippen LogP contribution in [0.1, 0.15) is 12.1 Å². The van der Waals surface area contributed by atoms with Gasteiger partial charge in [0.15, 0.2) is 0 Å². The van der Waals surface area contributed by atoms with Crippen LogP contribution >= 0.6 is 0 Å². The number of hydrogen-bond donors (Lipinski definition) is 0. The molecule has 1 heterocycles. The Labute approximate surface area is 75.5 Å². The molecule has 5 heteroatoms. The number of hydrogen-bond acceptors (Lipinski definition) is 3. The highest BCUT2D eigenvalue weighted by Crippen LogP contribution is 1.86. The van der Waals surface area contributed by atoms with Gasteiger partial charge in [0.2, 0.25) is 0 Å². The zero-order valence-corrected chi connectivity index (χ0v) is 6.88. The summed E-state index contributed by atoms with van der Waals surface area (Å²) in [6.07, 6.45) is 5.30. The summed E-state index contributed by atoms with van der Waals surface area (Å²) < 4.78 is 0. The van der Waals surface area contributed by atoms with E-state index in [9.17, 15) is 0 Å². The van der Waals surface area contributed by atoms with Crippen LogP contribution in [0.25, 0.3) is 10.4 Å². The standard InChI is InChI=1S/C8H7N5/c9-13-12-4-2-1-3-8-7-10-5-6-11-8/h5-7H,2,4H2. The Morgan fingerprint density at radius 2 is 2.46 bits per heavy atom. The average Bonchev–Trinajstić information content (AvgIpc) is 2.19. The van der Waals surface area contributed by atoms with Crippen LogP contribution in [0.2, 0.25) is 0 Å². The number of aromatic nitrogens is 2. The number of nitrogens with zero attached hydrogens (tertiary/aromatic N) is 5. The molecule has 0 bridgehead atoms. The van der Waals surface area contributed by atoms with Gasteiger partial charge in [0.1, 0.15) is 5.69 Å². The predicted octanol–water partition coefficient (Wildman–Crippen LogP) is 1.53. The van der Waals surface area contributed by atoms with E-state index in [-0.39, 0.29) is 0 Å². The fourth-order valence-electron chi connectivity index (χ4n) is 0.667. The van der Waals surface area contributed by atoms with Crippen molar-refractivity contribution in [3.63, 3.8) is 0 Å². The van der Waals surface area contributed by atoms with Gasteiger partial charge in [-0.25, -0.2) is 4.98 Å². The van der Waals surface area contributed by atoms with E-state index >= 15 is 0 Å². The number of rotatable bonds is 2. The van der Waals surface area contributed by atoms with E-state index in [1.54, 1.807) is 18.6 Å². The van der Waals surface area contributed by atoms with Gasteiger partial charge < -0.3 is 0 Å². The van der Waals surface area contributed by atoms with Crippen molar-refractivity contribution in [1.29, 1.82) is 0 Å². The molecule has 0 atom stereocenters. The third-order valence-electron chi connectivity index (χ3n) is 1.18. The first-order chi connectivity index (χ1) is 6.43. The van der Waals surface area contributed by atoms with Crippen LogP contribution in [0.3, 0.4) is 0 Å². The first kappa shape index (κ1) is 9.04. The van der Waals surface area contributed by atoms with Crippen LogP contribution in [0.15, 0.2) is 23.7 Å². The van der Waals surface area contributed by atoms with Crippen molar-refractivity contribution in [2.75, 3.05) is 6.54 Å². The molecule has 0 aliphatic rings. The van der Waals surface area contributed by atoms with Gasteiger partial charge in [-0.2, -0.15) is 0 Å². The van der Waals surface area contributed by atoms with Gasteiger partial charge in [0.25, 0.3) is 0 Å². The SMILES string of the molecule is [N-]=[N+]=NCCC#Cc1cnccn1. The van der Waals surface area contributed by atoms with E-state index < -0.39 is 0 Å². The fourth-order valence-corrected chi connectivity index (χ4v) is 0.667. The average molecular weight is 173 g/mol. The zero-order chi connectivity index (χ0) is 9.36. The summed E-state index contributed by atoms with van der Waals surface area (Å²) in [5.74, 6) is 5.62. The first-order valence-electron chi connectivity index (χ1n) is 3.69. The highest BCUT2D eigenvalue weighted by molar-refractivity contribution is 5.23.